The zero-order chi connectivity index (χ0) is 43.5. The molecule has 2 aromatic rings. The summed E-state index contributed by atoms with van der Waals surface area (Å²) in [5, 5.41) is 41.7. The number of nitrogens with zero attached hydrogens (tertiary/aromatic N) is 4. The first-order valence-corrected chi connectivity index (χ1v) is 21.6. The van der Waals surface area contributed by atoms with Gasteiger partial charge >= 0.3 is 23.5 Å². The lowest BCUT2D eigenvalue weighted by Crippen LogP contribution is -2.46. The quantitative estimate of drug-likeness (QED) is 0.0374. The summed E-state index contributed by atoms with van der Waals surface area (Å²) in [4.78, 5) is 95.6. The minimum absolute atomic E-state index is 0.0310. The minimum atomic E-state index is -5.56. The highest BCUT2D eigenvalue weighted by atomic mass is 32.2. The van der Waals surface area contributed by atoms with Gasteiger partial charge in [-0.25, -0.2) is 28.6 Å². The number of thioether (sulfide) groups is 1. The second-order valence-electron chi connectivity index (χ2n) is 12.4. The van der Waals surface area contributed by atoms with Crippen LogP contribution in [0.25, 0.3) is 11.2 Å². The fourth-order valence-corrected chi connectivity index (χ4v) is 7.65. The van der Waals surface area contributed by atoms with Crippen LogP contribution in [0, 0.1) is 5.41 Å². The first-order chi connectivity index (χ1) is 26.2. The Bertz CT molecular complexity index is 1860. The van der Waals surface area contributed by atoms with Crippen molar-refractivity contribution in [2.45, 2.75) is 71.0 Å². The average molecular weight is 900 g/mol. The lowest BCUT2D eigenvalue weighted by molar-refractivity contribution is -0.142. The summed E-state index contributed by atoms with van der Waals surface area (Å²) >= 11 is 1.03. The van der Waals surface area contributed by atoms with Crippen LogP contribution in [0.1, 0.15) is 40.3 Å². The Morgan fingerprint density at radius 1 is 1.00 bits per heavy atom. The number of amides is 2. The summed E-state index contributed by atoms with van der Waals surface area (Å²) < 4.78 is 61.8. The van der Waals surface area contributed by atoms with Gasteiger partial charge in [-0.2, -0.15) is 4.31 Å². The van der Waals surface area contributed by atoms with Crippen molar-refractivity contribution in [3.8, 4) is 0 Å². The van der Waals surface area contributed by atoms with E-state index in [9.17, 15) is 62.7 Å². The number of nitrogen functional groups attached to an aromatic ring is 1. The van der Waals surface area contributed by atoms with Gasteiger partial charge in [-0.05, 0) is 6.92 Å². The standard InChI is InChI=1S/C23H38N7O17P3S.C3H6O3/c1-12(31)51-7-6-25-14(32)4-5-26-21(35)18(34)23(2,3)9-44-50(41,42)47-49(39,40)43-8-13-17(46-48(36,37)38)16(33)22(45-13)30-11-29-15-19(24)27-10-28-20(15)30;1-2(4)3(5)6/h10-11,13,16-18,22,33-34H,4-9H2,1-3H3,(H,25,32)(H,26,35)(H,39,40)(H,41,42)(H2,24,27,28)(H2,36,37,38);3,5-6H,1H3/t13-,16-,17-,18?,22-;/m1./s1. The van der Waals surface area contributed by atoms with Gasteiger partial charge in [-0.3, -0.25) is 37.3 Å². The van der Waals surface area contributed by atoms with Crippen LogP contribution in [0.5, 0.6) is 0 Å². The molecule has 2 aromatic heterocycles. The summed E-state index contributed by atoms with van der Waals surface area (Å²) in [5.41, 5.74) is 4.26. The number of Topliss-reactive ketones (excluding diaryl/α,β-unsaturated/α-hetero) is 1. The Morgan fingerprint density at radius 3 is 2.19 bits per heavy atom. The molecule has 3 rings (SSSR count). The molecule has 27 nitrogen and oxygen atoms in total. The van der Waals surface area contributed by atoms with Crippen molar-refractivity contribution in [1.29, 1.82) is 0 Å². The van der Waals surface area contributed by atoms with E-state index < -0.39 is 96.6 Å². The molecule has 0 aliphatic carbocycles. The van der Waals surface area contributed by atoms with E-state index in [0.717, 1.165) is 35.9 Å². The highest BCUT2D eigenvalue weighted by Gasteiger charge is 2.50. The largest absolute Gasteiger partial charge is 0.481 e. The molecule has 0 bridgehead atoms. The van der Waals surface area contributed by atoms with Gasteiger partial charge in [-0.1, -0.05) is 25.6 Å². The van der Waals surface area contributed by atoms with Crippen molar-refractivity contribution in [3.05, 3.63) is 12.7 Å². The number of carbonyl (C=O) groups is 4. The van der Waals surface area contributed by atoms with E-state index in [-0.39, 0.29) is 41.6 Å². The third kappa shape index (κ3) is 16.7. The van der Waals surface area contributed by atoms with E-state index in [1.165, 1.54) is 20.8 Å². The number of hydrogen-bond donors (Lipinski definition) is 11. The van der Waals surface area contributed by atoms with Crippen LogP contribution in [0.2, 0.25) is 0 Å². The molecule has 1 aliphatic heterocycles. The molecule has 3 heterocycles. The van der Waals surface area contributed by atoms with Crippen LogP contribution in [0.3, 0.4) is 0 Å². The monoisotopic (exact) mass is 899 g/mol. The number of rotatable bonds is 20. The van der Waals surface area contributed by atoms with Gasteiger partial charge in [0.05, 0.1) is 19.5 Å². The molecular weight excluding hydrogens is 855 g/mol. The summed E-state index contributed by atoms with van der Waals surface area (Å²) in [6.45, 7) is 3.00. The molecule has 57 heavy (non-hydrogen) atoms. The number of ether oxygens (including phenoxy) is 1. The molecular formula is C26H44N7O20P3S. The van der Waals surface area contributed by atoms with E-state index in [1.807, 2.05) is 0 Å². The van der Waals surface area contributed by atoms with Crippen molar-refractivity contribution in [2.75, 3.05) is 37.8 Å². The van der Waals surface area contributed by atoms with E-state index in [4.69, 9.17) is 29.7 Å². The number of phosphoric acid groups is 3. The lowest BCUT2D eigenvalue weighted by Gasteiger charge is -2.30. The molecule has 1 aliphatic rings. The van der Waals surface area contributed by atoms with Gasteiger partial charge < -0.3 is 61.1 Å². The number of hydrogen-bond acceptors (Lipinski definition) is 21. The van der Waals surface area contributed by atoms with Crippen LogP contribution in [0.15, 0.2) is 12.7 Å². The molecule has 0 spiro atoms. The maximum atomic E-state index is 12.6. The van der Waals surface area contributed by atoms with Gasteiger partial charge in [0, 0.05) is 37.6 Å². The summed E-state index contributed by atoms with van der Waals surface area (Å²) in [7, 11) is -16.4. The predicted molar refractivity (Wildman–Crippen MR) is 192 cm³/mol. The van der Waals surface area contributed by atoms with Gasteiger partial charge in [0.2, 0.25) is 18.1 Å². The van der Waals surface area contributed by atoms with Gasteiger partial charge in [0.1, 0.15) is 36.3 Å². The molecule has 3 unspecified atom stereocenters. The normalized spacial score (nSPS) is 21.2. The molecule has 0 aromatic carbocycles. The van der Waals surface area contributed by atoms with Crippen molar-refractivity contribution in [3.63, 3.8) is 0 Å². The fourth-order valence-electron chi connectivity index (χ4n) is 4.32. The summed E-state index contributed by atoms with van der Waals surface area (Å²) in [5.74, 6) is -1.71. The number of anilines is 1. The summed E-state index contributed by atoms with van der Waals surface area (Å²) in [6.07, 6.45) is -8.67. The molecule has 324 valence electrons. The molecule has 0 radical (unpaired) electrons. The Kier molecular flexibility index (Phi) is 18.9. The zero-order valence-electron chi connectivity index (χ0n) is 30.5. The van der Waals surface area contributed by atoms with Crippen LogP contribution in [-0.2, 0) is 55.5 Å². The van der Waals surface area contributed by atoms with Gasteiger partial charge in [-0.15, -0.1) is 0 Å². The second kappa shape index (κ2) is 21.4. The number of aliphatic hydroxyl groups excluding tert-OH is 3. The van der Waals surface area contributed by atoms with E-state index in [1.54, 1.807) is 0 Å². The Balaban J connectivity index is 0.00000173. The maximum absolute atomic E-state index is 12.6. The van der Waals surface area contributed by atoms with Crippen molar-refractivity contribution in [1.82, 2.24) is 30.2 Å². The highest BCUT2D eigenvalue weighted by Crippen LogP contribution is 2.61. The molecule has 7 atom stereocenters. The predicted octanol–water partition coefficient (Wildman–Crippen LogP) is -2.43. The number of fused-ring (bicyclic) bond motifs is 1. The third-order valence-corrected chi connectivity index (χ3v) is 11.1. The second-order valence-corrected chi connectivity index (χ2v) is 17.9. The Hall–Kier alpha value is -2.85. The summed E-state index contributed by atoms with van der Waals surface area (Å²) in [6, 6.07) is 0. The smallest absolute Gasteiger partial charge is 0.386 e. The van der Waals surface area contributed by atoms with E-state index in [0.29, 0.717) is 5.75 Å². The molecule has 31 heteroatoms. The molecule has 0 saturated carbocycles. The number of nitrogens with two attached hydrogens (primary N) is 1. The Labute approximate surface area is 327 Å². The van der Waals surface area contributed by atoms with Crippen molar-refractivity contribution >= 4 is 74.9 Å². The number of ketones is 1. The topological polar surface area (TPSA) is 421 Å². The first-order valence-electron chi connectivity index (χ1n) is 16.0. The molecule has 12 N–H and O–H groups in total. The van der Waals surface area contributed by atoms with Crippen LogP contribution < -0.4 is 16.4 Å². The number of aromatic nitrogens is 4. The third-order valence-electron chi connectivity index (χ3n) is 7.17. The highest BCUT2D eigenvalue weighted by molar-refractivity contribution is 8.13. The maximum Gasteiger partial charge on any atom is 0.481 e. The number of aliphatic hydroxyl groups is 4. The van der Waals surface area contributed by atoms with E-state index >= 15 is 0 Å². The van der Waals surface area contributed by atoms with Crippen LogP contribution in [0.4, 0.5) is 5.82 Å². The lowest BCUT2D eigenvalue weighted by atomic mass is 9.87. The van der Waals surface area contributed by atoms with E-state index in [2.05, 4.69) is 34.4 Å². The average Bonchev–Trinajstić information content (AvgIpc) is 3.64. The van der Waals surface area contributed by atoms with Gasteiger partial charge in [0.25, 0.3) is 0 Å². The first kappa shape index (κ1) is 50.3. The number of imidazole rings is 1. The Morgan fingerprint density at radius 2 is 1.61 bits per heavy atom. The number of phosphoric ester groups is 3. The molecule has 2 amide bonds. The van der Waals surface area contributed by atoms with Crippen LogP contribution >= 0.6 is 35.2 Å². The zero-order valence-corrected chi connectivity index (χ0v) is 34.0. The number of carbonyl (C=O) groups excluding carboxylic acids is 4. The number of nitrogens with one attached hydrogen (secondary N) is 2. The fraction of sp³-hybridized carbons (Fsp3) is 0.654. The SMILES string of the molecule is CC(=O)C(O)O.CC(=O)SCCNC(=O)CCNC(=O)C(O)C(C)(C)COP(=O)(O)OP(=O)(O)OC[C@H]1O[C@@H](n2cnc3c(N)ncnc32)[C@H](O)[C@@H]1OP(=O)(O)O. The molecule has 1 saturated heterocycles. The molecule has 1 fully saturated rings. The van der Waals surface area contributed by atoms with Crippen LogP contribution in [-0.4, -0.2) is 145 Å². The van der Waals surface area contributed by atoms with Crippen molar-refractivity contribution < 1.29 is 95.5 Å². The van der Waals surface area contributed by atoms with Gasteiger partial charge in [0.15, 0.2) is 28.6 Å². The minimum Gasteiger partial charge on any atom is -0.386 e. The van der Waals surface area contributed by atoms with Crippen molar-refractivity contribution in [2.24, 2.45) is 5.41 Å².